The molecule has 2 aromatic rings. The Morgan fingerprint density at radius 1 is 0.893 bits per heavy atom. The summed E-state index contributed by atoms with van der Waals surface area (Å²) < 4.78 is 11.1. The summed E-state index contributed by atoms with van der Waals surface area (Å²) in [5, 5.41) is 5.32. The zero-order chi connectivity index (χ0) is 20.5. The molecule has 0 aliphatic carbocycles. The van der Waals surface area contributed by atoms with Gasteiger partial charge in [0.25, 0.3) is 0 Å². The second-order valence-corrected chi connectivity index (χ2v) is 6.33. The number of benzene rings is 2. The van der Waals surface area contributed by atoms with E-state index < -0.39 is 11.8 Å². The van der Waals surface area contributed by atoms with Crippen molar-refractivity contribution >= 4 is 23.2 Å². The number of hydrogen-bond donors (Lipinski definition) is 2. The predicted molar refractivity (Wildman–Crippen MR) is 111 cm³/mol. The summed E-state index contributed by atoms with van der Waals surface area (Å²) in [5.74, 6) is -0.0773. The Morgan fingerprint density at radius 2 is 1.54 bits per heavy atom. The highest BCUT2D eigenvalue weighted by Gasteiger charge is 2.18. The van der Waals surface area contributed by atoms with Gasteiger partial charge in [0, 0.05) is 17.4 Å². The highest BCUT2D eigenvalue weighted by molar-refractivity contribution is 6.43. The zero-order valence-electron chi connectivity index (χ0n) is 16.9. The van der Waals surface area contributed by atoms with E-state index >= 15 is 0 Å². The lowest BCUT2D eigenvalue weighted by Crippen LogP contribution is -2.29. The van der Waals surface area contributed by atoms with E-state index in [-0.39, 0.29) is 5.92 Å². The number of carbonyl (C=O) groups is 2. The van der Waals surface area contributed by atoms with Crippen LogP contribution in [0, 0.1) is 0 Å². The van der Waals surface area contributed by atoms with Crippen LogP contribution in [0.25, 0.3) is 0 Å². The van der Waals surface area contributed by atoms with Gasteiger partial charge in [-0.05, 0) is 49.9 Å². The Labute approximate surface area is 166 Å². The molecule has 0 bridgehead atoms. The van der Waals surface area contributed by atoms with Gasteiger partial charge in [0.15, 0.2) is 11.5 Å². The number of para-hydroxylation sites is 1. The Kier molecular flexibility index (Phi) is 7.87. The van der Waals surface area contributed by atoms with Crippen molar-refractivity contribution < 1.29 is 19.1 Å². The maximum absolute atomic E-state index is 12.4. The smallest absolute Gasteiger partial charge is 0.314 e. The SMILES string of the molecule is CCOc1ccc(NC(=O)C(=O)Nc2ccccc2C(C)CC)cc1OCC. The fraction of sp³-hybridized carbons (Fsp3) is 0.364. The van der Waals surface area contributed by atoms with Gasteiger partial charge < -0.3 is 20.1 Å². The third-order valence-electron chi connectivity index (χ3n) is 4.36. The van der Waals surface area contributed by atoms with Crippen molar-refractivity contribution in [3.63, 3.8) is 0 Å². The largest absolute Gasteiger partial charge is 0.490 e. The molecule has 6 nitrogen and oxygen atoms in total. The summed E-state index contributed by atoms with van der Waals surface area (Å²) in [6.07, 6.45) is 0.936. The number of anilines is 2. The van der Waals surface area contributed by atoms with E-state index in [1.165, 1.54) is 0 Å². The van der Waals surface area contributed by atoms with E-state index in [1.54, 1.807) is 24.3 Å². The van der Waals surface area contributed by atoms with Crippen LogP contribution in [0.5, 0.6) is 11.5 Å². The van der Waals surface area contributed by atoms with Crippen molar-refractivity contribution in [2.75, 3.05) is 23.8 Å². The van der Waals surface area contributed by atoms with Crippen molar-refractivity contribution in [3.05, 3.63) is 48.0 Å². The van der Waals surface area contributed by atoms with Gasteiger partial charge in [0.1, 0.15) is 0 Å². The minimum Gasteiger partial charge on any atom is -0.490 e. The molecule has 0 fully saturated rings. The second kappa shape index (κ2) is 10.3. The summed E-state index contributed by atoms with van der Waals surface area (Å²) >= 11 is 0. The maximum atomic E-state index is 12.4. The van der Waals surface area contributed by atoms with Crippen LogP contribution in [0.15, 0.2) is 42.5 Å². The van der Waals surface area contributed by atoms with Gasteiger partial charge in [-0.25, -0.2) is 0 Å². The molecule has 0 spiro atoms. The lowest BCUT2D eigenvalue weighted by atomic mass is 9.97. The first-order valence-corrected chi connectivity index (χ1v) is 9.60. The highest BCUT2D eigenvalue weighted by Crippen LogP contribution is 2.31. The van der Waals surface area contributed by atoms with Gasteiger partial charge in [0.05, 0.1) is 13.2 Å². The van der Waals surface area contributed by atoms with Gasteiger partial charge in [0.2, 0.25) is 0 Å². The van der Waals surface area contributed by atoms with Gasteiger partial charge >= 0.3 is 11.8 Å². The summed E-state index contributed by atoms with van der Waals surface area (Å²) in [6.45, 7) is 8.88. The molecule has 0 saturated heterocycles. The Hall–Kier alpha value is -3.02. The highest BCUT2D eigenvalue weighted by atomic mass is 16.5. The summed E-state index contributed by atoms with van der Waals surface area (Å²) in [5.41, 5.74) is 2.12. The molecule has 0 aromatic heterocycles. The molecule has 1 atom stereocenters. The van der Waals surface area contributed by atoms with E-state index in [1.807, 2.05) is 32.0 Å². The normalized spacial score (nSPS) is 11.4. The Bertz CT molecular complexity index is 820. The molecule has 0 aliphatic rings. The quantitative estimate of drug-likeness (QED) is 0.654. The Balaban J connectivity index is 2.11. The van der Waals surface area contributed by atoms with Crippen LogP contribution in [-0.4, -0.2) is 25.0 Å². The Morgan fingerprint density at radius 3 is 2.21 bits per heavy atom. The molecule has 2 aromatic carbocycles. The average Bonchev–Trinajstić information content (AvgIpc) is 2.70. The van der Waals surface area contributed by atoms with Crippen LogP contribution in [0.2, 0.25) is 0 Å². The van der Waals surface area contributed by atoms with Crippen LogP contribution in [-0.2, 0) is 9.59 Å². The number of carbonyl (C=O) groups excluding carboxylic acids is 2. The fourth-order valence-electron chi connectivity index (χ4n) is 2.76. The number of amides is 2. The average molecular weight is 384 g/mol. The zero-order valence-corrected chi connectivity index (χ0v) is 16.9. The maximum Gasteiger partial charge on any atom is 0.314 e. The minimum atomic E-state index is -0.745. The summed E-state index contributed by atoms with van der Waals surface area (Å²) in [6, 6.07) is 12.5. The molecule has 28 heavy (non-hydrogen) atoms. The summed E-state index contributed by atoms with van der Waals surface area (Å²) in [4.78, 5) is 24.7. The van der Waals surface area contributed by atoms with Gasteiger partial charge in [-0.3, -0.25) is 9.59 Å². The van der Waals surface area contributed by atoms with Gasteiger partial charge in [-0.1, -0.05) is 32.0 Å². The molecule has 1 unspecified atom stereocenters. The van der Waals surface area contributed by atoms with Crippen LogP contribution in [0.3, 0.4) is 0 Å². The second-order valence-electron chi connectivity index (χ2n) is 6.33. The van der Waals surface area contributed by atoms with Crippen molar-refractivity contribution in [2.24, 2.45) is 0 Å². The first-order chi connectivity index (χ1) is 13.5. The van der Waals surface area contributed by atoms with Gasteiger partial charge in [-0.15, -0.1) is 0 Å². The molecule has 6 heteroatoms. The monoisotopic (exact) mass is 384 g/mol. The predicted octanol–water partition coefficient (Wildman–Crippen LogP) is 4.57. The van der Waals surface area contributed by atoms with E-state index in [9.17, 15) is 9.59 Å². The third kappa shape index (κ3) is 5.49. The van der Waals surface area contributed by atoms with Crippen molar-refractivity contribution in [3.8, 4) is 11.5 Å². The topological polar surface area (TPSA) is 76.7 Å². The minimum absolute atomic E-state index is 0.277. The van der Waals surface area contributed by atoms with Gasteiger partial charge in [-0.2, -0.15) is 0 Å². The molecule has 0 radical (unpaired) electrons. The van der Waals surface area contributed by atoms with Crippen molar-refractivity contribution in [1.82, 2.24) is 0 Å². The number of ether oxygens (including phenoxy) is 2. The molecule has 2 N–H and O–H groups in total. The molecule has 0 saturated carbocycles. The number of hydrogen-bond acceptors (Lipinski definition) is 4. The molecular formula is C22H28N2O4. The van der Waals surface area contributed by atoms with Crippen molar-refractivity contribution in [1.29, 1.82) is 0 Å². The number of rotatable bonds is 8. The van der Waals surface area contributed by atoms with Crippen LogP contribution >= 0.6 is 0 Å². The standard InChI is InChI=1S/C22H28N2O4/c1-5-15(4)17-10-8-9-11-18(17)24-22(26)21(25)23-16-12-13-19(27-6-2)20(14-16)28-7-3/h8-15H,5-7H2,1-4H3,(H,23,25)(H,24,26). The molecular weight excluding hydrogens is 356 g/mol. The van der Waals surface area contributed by atoms with E-state index in [0.717, 1.165) is 12.0 Å². The lowest BCUT2D eigenvalue weighted by Gasteiger charge is -2.16. The third-order valence-corrected chi connectivity index (χ3v) is 4.36. The van der Waals surface area contributed by atoms with Crippen LogP contribution in [0.1, 0.15) is 45.6 Å². The molecule has 0 heterocycles. The molecule has 0 aliphatic heterocycles. The van der Waals surface area contributed by atoms with Crippen LogP contribution in [0.4, 0.5) is 11.4 Å². The molecule has 2 rings (SSSR count). The van der Waals surface area contributed by atoms with Crippen LogP contribution < -0.4 is 20.1 Å². The lowest BCUT2D eigenvalue weighted by molar-refractivity contribution is -0.133. The molecule has 150 valence electrons. The van der Waals surface area contributed by atoms with E-state index in [4.69, 9.17) is 9.47 Å². The summed E-state index contributed by atoms with van der Waals surface area (Å²) in [7, 11) is 0. The first-order valence-electron chi connectivity index (χ1n) is 9.60. The first kappa shape index (κ1) is 21.3. The van der Waals surface area contributed by atoms with E-state index in [0.29, 0.717) is 36.1 Å². The van der Waals surface area contributed by atoms with E-state index in [2.05, 4.69) is 24.5 Å². The van der Waals surface area contributed by atoms with Crippen molar-refractivity contribution in [2.45, 2.75) is 40.0 Å². The number of nitrogens with one attached hydrogen (secondary N) is 2. The molecule has 2 amide bonds. The fourth-order valence-corrected chi connectivity index (χ4v) is 2.76.